The van der Waals surface area contributed by atoms with Crippen LogP contribution in [-0.4, -0.2) is 44.9 Å². The number of amidine groups is 1. The molecule has 7 nitrogen and oxygen atoms in total. The van der Waals surface area contributed by atoms with E-state index in [1.54, 1.807) is 18.7 Å². The molecule has 37 heavy (non-hydrogen) atoms. The summed E-state index contributed by atoms with van der Waals surface area (Å²) in [5.41, 5.74) is 5.96. The van der Waals surface area contributed by atoms with Gasteiger partial charge in [0.2, 0.25) is 5.91 Å². The van der Waals surface area contributed by atoms with Crippen molar-refractivity contribution >= 4 is 34.7 Å². The molecule has 3 heterocycles. The minimum atomic E-state index is -1.17. The maximum Gasteiger partial charge on any atom is 0.239 e. The van der Waals surface area contributed by atoms with Crippen LogP contribution in [0.3, 0.4) is 0 Å². The van der Waals surface area contributed by atoms with E-state index in [-0.39, 0.29) is 41.4 Å². The first kappa shape index (κ1) is 26.4. The van der Waals surface area contributed by atoms with Gasteiger partial charge in [0.15, 0.2) is 5.17 Å². The molecule has 2 N–H and O–H groups in total. The maximum absolute atomic E-state index is 15.2. The number of aliphatic imine (C=N–C) groups is 1. The van der Waals surface area contributed by atoms with Gasteiger partial charge in [0.1, 0.15) is 34.3 Å². The van der Waals surface area contributed by atoms with Gasteiger partial charge in [-0.2, -0.15) is 5.26 Å². The van der Waals surface area contributed by atoms with E-state index in [0.29, 0.717) is 23.4 Å². The van der Waals surface area contributed by atoms with Crippen LogP contribution in [0.5, 0.6) is 0 Å². The Morgan fingerprint density at radius 1 is 1.38 bits per heavy atom. The van der Waals surface area contributed by atoms with Crippen molar-refractivity contribution < 1.29 is 18.3 Å². The van der Waals surface area contributed by atoms with Crippen molar-refractivity contribution in [2.75, 3.05) is 13.1 Å². The molecule has 1 aromatic carbocycles. The number of halogens is 2. The minimum absolute atomic E-state index is 0.0481. The molecule has 192 valence electrons. The van der Waals surface area contributed by atoms with Gasteiger partial charge in [-0.1, -0.05) is 24.4 Å². The molecule has 3 atom stereocenters. The van der Waals surface area contributed by atoms with Crippen LogP contribution in [0.15, 0.2) is 53.9 Å². The summed E-state index contributed by atoms with van der Waals surface area (Å²) < 4.78 is 34.6. The van der Waals surface area contributed by atoms with E-state index in [1.807, 2.05) is 13.0 Å². The second kappa shape index (κ2) is 9.98. The summed E-state index contributed by atoms with van der Waals surface area (Å²) in [6.07, 6.45) is 2.49. The fourth-order valence-electron chi connectivity index (χ4n) is 4.81. The zero-order chi connectivity index (χ0) is 27.0. The van der Waals surface area contributed by atoms with Crippen molar-refractivity contribution in [1.29, 1.82) is 5.26 Å². The molecule has 2 aliphatic heterocycles. The maximum atomic E-state index is 15.2. The number of rotatable bonds is 4. The third-order valence-electron chi connectivity index (χ3n) is 6.32. The van der Waals surface area contributed by atoms with E-state index in [9.17, 15) is 9.18 Å². The van der Waals surface area contributed by atoms with Crippen LogP contribution in [0.25, 0.3) is 11.9 Å². The SMILES string of the molecule is C=C1CN(C(=O)[C@@]2(C)C[C@@](C)(c3cc(/C=C(\F)c4ccc(C#N)cn4)ccc3F)N=C(N)S2)C[C@H](C)O1. The van der Waals surface area contributed by atoms with Gasteiger partial charge in [0.05, 0.1) is 29.9 Å². The number of hydrogen-bond donors (Lipinski definition) is 1. The van der Waals surface area contributed by atoms with Gasteiger partial charge in [-0.05, 0) is 56.7 Å². The Balaban J connectivity index is 1.66. The smallest absolute Gasteiger partial charge is 0.239 e. The van der Waals surface area contributed by atoms with E-state index in [1.165, 1.54) is 42.6 Å². The van der Waals surface area contributed by atoms with Crippen LogP contribution in [0.4, 0.5) is 8.78 Å². The number of thioether (sulfide) groups is 1. The lowest BCUT2D eigenvalue weighted by molar-refractivity contribution is -0.138. The number of pyridine rings is 1. The van der Waals surface area contributed by atoms with Gasteiger partial charge in [0, 0.05) is 18.2 Å². The standard InChI is InChI=1S/C27H27F2N5O2S/c1-16-13-34(14-17(2)36-16)24(35)27(4)15-26(3,33-25(31)37-27)20-9-18(5-7-21(20)28)10-22(29)23-8-6-19(11-30)12-32-23/h5-10,12,17H,1,13-15H2,2-4H3,(H2,31,33)/b22-10-/t17-,26-,27+/m0/s1. The van der Waals surface area contributed by atoms with Crippen molar-refractivity contribution in [3.8, 4) is 6.07 Å². The Labute approximate surface area is 218 Å². The van der Waals surface area contributed by atoms with Crippen molar-refractivity contribution in [3.05, 3.63) is 77.1 Å². The van der Waals surface area contributed by atoms with E-state index in [0.717, 1.165) is 11.8 Å². The highest BCUT2D eigenvalue weighted by Crippen LogP contribution is 2.47. The number of ether oxygens (including phenoxy) is 1. The molecular formula is C27H27F2N5O2S. The fourth-order valence-corrected chi connectivity index (χ4v) is 6.09. The molecule has 10 heteroatoms. The number of amides is 1. The summed E-state index contributed by atoms with van der Waals surface area (Å²) in [4.78, 5) is 23.8. The van der Waals surface area contributed by atoms with Gasteiger partial charge in [-0.15, -0.1) is 0 Å². The Morgan fingerprint density at radius 3 is 2.78 bits per heavy atom. The molecule has 0 aliphatic carbocycles. The molecule has 1 saturated heterocycles. The molecule has 1 aromatic heterocycles. The predicted molar refractivity (Wildman–Crippen MR) is 140 cm³/mol. The molecule has 4 rings (SSSR count). The zero-order valence-electron chi connectivity index (χ0n) is 20.8. The number of nitriles is 1. The molecule has 0 saturated carbocycles. The van der Waals surface area contributed by atoms with E-state index in [2.05, 4.69) is 16.6 Å². The first-order chi connectivity index (χ1) is 17.4. The number of morpholine rings is 1. The number of nitrogens with two attached hydrogens (primary N) is 1. The number of aromatic nitrogens is 1. The van der Waals surface area contributed by atoms with Crippen LogP contribution in [0.2, 0.25) is 0 Å². The highest BCUT2D eigenvalue weighted by atomic mass is 32.2. The molecule has 1 amide bonds. The van der Waals surface area contributed by atoms with Crippen LogP contribution >= 0.6 is 11.8 Å². The lowest BCUT2D eigenvalue weighted by Crippen LogP contribution is -2.54. The highest BCUT2D eigenvalue weighted by Gasteiger charge is 2.49. The lowest BCUT2D eigenvalue weighted by Gasteiger charge is -2.44. The molecule has 0 spiro atoms. The molecule has 0 unspecified atom stereocenters. The number of benzene rings is 1. The quantitative estimate of drug-likeness (QED) is 0.620. The van der Waals surface area contributed by atoms with Gasteiger partial charge < -0.3 is 15.4 Å². The number of carbonyl (C=O) groups is 1. The predicted octanol–water partition coefficient (Wildman–Crippen LogP) is 4.75. The minimum Gasteiger partial charge on any atom is -0.492 e. The Kier molecular flexibility index (Phi) is 7.11. The van der Waals surface area contributed by atoms with Gasteiger partial charge in [0.25, 0.3) is 0 Å². The largest absolute Gasteiger partial charge is 0.492 e. The summed E-state index contributed by atoms with van der Waals surface area (Å²) in [5.74, 6) is -0.836. The lowest BCUT2D eigenvalue weighted by atomic mass is 9.81. The van der Waals surface area contributed by atoms with Crippen molar-refractivity contribution in [2.24, 2.45) is 10.7 Å². The monoisotopic (exact) mass is 523 g/mol. The first-order valence-electron chi connectivity index (χ1n) is 11.6. The highest BCUT2D eigenvalue weighted by molar-refractivity contribution is 8.15. The summed E-state index contributed by atoms with van der Waals surface area (Å²) in [6.45, 7) is 9.89. The first-order valence-corrected chi connectivity index (χ1v) is 12.5. The second-order valence-corrected chi connectivity index (χ2v) is 11.2. The van der Waals surface area contributed by atoms with E-state index in [4.69, 9.17) is 15.7 Å². The van der Waals surface area contributed by atoms with Crippen molar-refractivity contribution in [1.82, 2.24) is 9.88 Å². The third kappa shape index (κ3) is 5.52. The molecular weight excluding hydrogens is 496 g/mol. The Morgan fingerprint density at radius 2 is 2.14 bits per heavy atom. The van der Waals surface area contributed by atoms with Gasteiger partial charge >= 0.3 is 0 Å². The number of carbonyl (C=O) groups excluding carboxylic acids is 1. The normalized spacial score (nSPS) is 26.2. The molecule has 2 aliphatic rings. The Hall–Kier alpha value is -3.71. The van der Waals surface area contributed by atoms with E-state index >= 15 is 4.39 Å². The van der Waals surface area contributed by atoms with Crippen LogP contribution in [-0.2, 0) is 15.1 Å². The van der Waals surface area contributed by atoms with Crippen molar-refractivity contribution in [3.63, 3.8) is 0 Å². The second-order valence-electron chi connectivity index (χ2n) is 9.66. The fraction of sp³-hybridized carbons (Fsp3) is 0.333. The Bertz CT molecular complexity index is 1350. The molecule has 0 radical (unpaired) electrons. The molecule has 1 fully saturated rings. The van der Waals surface area contributed by atoms with Gasteiger partial charge in [-0.25, -0.2) is 8.78 Å². The van der Waals surface area contributed by atoms with Crippen LogP contribution < -0.4 is 5.73 Å². The summed E-state index contributed by atoms with van der Waals surface area (Å²) in [6, 6.07) is 8.99. The zero-order valence-corrected chi connectivity index (χ0v) is 21.6. The van der Waals surface area contributed by atoms with Crippen LogP contribution in [0.1, 0.15) is 49.6 Å². The van der Waals surface area contributed by atoms with Crippen LogP contribution in [0, 0.1) is 17.1 Å². The third-order valence-corrected chi connectivity index (χ3v) is 7.39. The summed E-state index contributed by atoms with van der Waals surface area (Å²) in [5, 5.41) is 9.07. The number of hydrogen-bond acceptors (Lipinski definition) is 7. The number of nitrogens with zero attached hydrogens (tertiary/aromatic N) is 4. The van der Waals surface area contributed by atoms with Gasteiger partial charge in [-0.3, -0.25) is 14.8 Å². The van der Waals surface area contributed by atoms with Crippen molar-refractivity contribution in [2.45, 2.75) is 43.6 Å². The van der Waals surface area contributed by atoms with E-state index < -0.39 is 21.9 Å². The average molecular weight is 524 g/mol. The summed E-state index contributed by atoms with van der Waals surface area (Å²) >= 11 is 1.15. The molecule has 2 aromatic rings. The summed E-state index contributed by atoms with van der Waals surface area (Å²) in [7, 11) is 0. The molecule has 0 bridgehead atoms. The average Bonchev–Trinajstić information content (AvgIpc) is 2.83. The topological polar surface area (TPSA) is 105 Å².